The zero-order valence-electron chi connectivity index (χ0n) is 14.7. The molecular weight excluding hydrogens is 244 g/mol. The average molecular weight is 280 g/mol. The summed E-state index contributed by atoms with van der Waals surface area (Å²) in [6.45, 7) is 19.2. The third-order valence-electron chi connectivity index (χ3n) is 5.59. The number of likely N-dealkylation sites (tertiary alicyclic amines) is 2. The summed E-state index contributed by atoms with van der Waals surface area (Å²) >= 11 is 0. The van der Waals surface area contributed by atoms with Gasteiger partial charge in [0, 0.05) is 25.2 Å². The van der Waals surface area contributed by atoms with Gasteiger partial charge in [0.1, 0.15) is 0 Å². The first kappa shape index (κ1) is 16.3. The maximum atomic E-state index is 2.62. The van der Waals surface area contributed by atoms with Crippen molar-refractivity contribution < 1.29 is 0 Å². The monoisotopic (exact) mass is 280 g/mol. The Morgan fingerprint density at radius 3 is 1.45 bits per heavy atom. The van der Waals surface area contributed by atoms with Crippen LogP contribution < -0.4 is 0 Å². The van der Waals surface area contributed by atoms with Crippen LogP contribution in [0.25, 0.3) is 0 Å². The molecule has 0 bridgehead atoms. The smallest absolute Gasteiger partial charge is 0.00412 e. The van der Waals surface area contributed by atoms with Crippen LogP contribution in [0.2, 0.25) is 0 Å². The van der Waals surface area contributed by atoms with Crippen molar-refractivity contribution in [3.05, 3.63) is 0 Å². The van der Waals surface area contributed by atoms with Gasteiger partial charge < -0.3 is 9.80 Å². The van der Waals surface area contributed by atoms with Crippen molar-refractivity contribution in [2.75, 3.05) is 26.2 Å². The molecule has 3 fully saturated rings. The zero-order chi connectivity index (χ0) is 15.0. The summed E-state index contributed by atoms with van der Waals surface area (Å²) in [4.78, 5) is 5.17. The molecular formula is C18H36N2. The Balaban J connectivity index is 0.000000147. The topological polar surface area (TPSA) is 6.48 Å². The molecule has 2 saturated heterocycles. The van der Waals surface area contributed by atoms with E-state index in [1.165, 1.54) is 51.9 Å². The molecule has 2 heteroatoms. The molecule has 0 radical (unpaired) electrons. The Morgan fingerprint density at radius 1 is 0.700 bits per heavy atom. The molecule has 0 aromatic carbocycles. The molecule has 3 rings (SSSR count). The van der Waals surface area contributed by atoms with Crippen LogP contribution in [0.15, 0.2) is 0 Å². The highest BCUT2D eigenvalue weighted by Gasteiger charge is 2.47. The number of nitrogens with zero attached hydrogens (tertiary/aromatic N) is 2. The molecule has 1 spiro atoms. The van der Waals surface area contributed by atoms with Gasteiger partial charge in [0.25, 0.3) is 0 Å². The van der Waals surface area contributed by atoms with Gasteiger partial charge in [-0.15, -0.1) is 0 Å². The molecule has 0 unspecified atom stereocenters. The molecule has 0 aromatic heterocycles. The van der Waals surface area contributed by atoms with Crippen molar-refractivity contribution in [3.8, 4) is 0 Å². The van der Waals surface area contributed by atoms with Crippen molar-refractivity contribution in [3.63, 3.8) is 0 Å². The fraction of sp³-hybridized carbons (Fsp3) is 1.00. The van der Waals surface area contributed by atoms with E-state index in [-0.39, 0.29) is 0 Å². The minimum Gasteiger partial charge on any atom is -0.300 e. The molecule has 2 aliphatic heterocycles. The summed E-state index contributed by atoms with van der Waals surface area (Å²) in [5.74, 6) is 0. The maximum absolute atomic E-state index is 2.62. The summed E-state index contributed by atoms with van der Waals surface area (Å²) in [5, 5.41) is 0. The fourth-order valence-electron chi connectivity index (χ4n) is 3.59. The van der Waals surface area contributed by atoms with E-state index in [1.807, 2.05) is 0 Å². The van der Waals surface area contributed by atoms with Crippen molar-refractivity contribution in [1.29, 1.82) is 0 Å². The molecule has 0 N–H and O–H groups in total. The second kappa shape index (κ2) is 5.96. The van der Waals surface area contributed by atoms with Crippen LogP contribution in [0.5, 0.6) is 0 Å². The average Bonchev–Trinajstić information content (AvgIpc) is 2.79. The van der Waals surface area contributed by atoms with Crippen molar-refractivity contribution in [2.24, 2.45) is 10.8 Å². The molecule has 3 aliphatic rings. The lowest BCUT2D eigenvalue weighted by Gasteiger charge is -2.22. The van der Waals surface area contributed by atoms with Gasteiger partial charge in [0.05, 0.1) is 0 Å². The standard InChI is InChI=1S/C9H17N.C9H19N/c1-8(2)10-6-5-9(7-10)3-4-9;1-8(2)10-6-5-9(3,4)7-10/h8H,3-7H2,1-2H3;8H,5-7H2,1-4H3. The van der Waals surface area contributed by atoms with Gasteiger partial charge in [-0.1, -0.05) is 13.8 Å². The Kier molecular flexibility index (Phi) is 4.86. The van der Waals surface area contributed by atoms with E-state index < -0.39 is 0 Å². The van der Waals surface area contributed by atoms with Crippen LogP contribution in [0.4, 0.5) is 0 Å². The first-order valence-electron chi connectivity index (χ1n) is 8.71. The third-order valence-corrected chi connectivity index (χ3v) is 5.59. The Hall–Kier alpha value is -0.0800. The van der Waals surface area contributed by atoms with Crippen molar-refractivity contribution >= 4 is 0 Å². The molecule has 1 aliphatic carbocycles. The first-order valence-corrected chi connectivity index (χ1v) is 8.71. The molecule has 2 nitrogen and oxygen atoms in total. The number of rotatable bonds is 2. The van der Waals surface area contributed by atoms with E-state index in [4.69, 9.17) is 0 Å². The molecule has 118 valence electrons. The molecule has 0 amide bonds. The Morgan fingerprint density at radius 2 is 1.20 bits per heavy atom. The van der Waals surface area contributed by atoms with E-state index in [0.717, 1.165) is 17.5 Å². The lowest BCUT2D eigenvalue weighted by molar-refractivity contribution is 0.243. The van der Waals surface area contributed by atoms with Gasteiger partial charge in [-0.2, -0.15) is 0 Å². The van der Waals surface area contributed by atoms with Crippen LogP contribution in [-0.2, 0) is 0 Å². The van der Waals surface area contributed by atoms with Gasteiger partial charge in [0.2, 0.25) is 0 Å². The molecule has 20 heavy (non-hydrogen) atoms. The lowest BCUT2D eigenvalue weighted by atomic mass is 9.93. The fourth-order valence-corrected chi connectivity index (χ4v) is 3.59. The van der Waals surface area contributed by atoms with Crippen LogP contribution in [0.3, 0.4) is 0 Å². The molecule has 2 heterocycles. The minimum absolute atomic E-state index is 0.574. The largest absolute Gasteiger partial charge is 0.300 e. The van der Waals surface area contributed by atoms with E-state index >= 15 is 0 Å². The van der Waals surface area contributed by atoms with E-state index in [9.17, 15) is 0 Å². The second-order valence-electron chi connectivity index (χ2n) is 8.79. The predicted octanol–water partition coefficient (Wildman–Crippen LogP) is 4.01. The quantitative estimate of drug-likeness (QED) is 0.754. The van der Waals surface area contributed by atoms with Gasteiger partial charge in [-0.05, 0) is 77.3 Å². The Bertz CT molecular complexity index is 295. The highest BCUT2D eigenvalue weighted by atomic mass is 15.2. The summed E-state index contributed by atoms with van der Waals surface area (Å²) in [6.07, 6.45) is 5.86. The lowest BCUT2D eigenvalue weighted by Crippen LogP contribution is -2.29. The highest BCUT2D eigenvalue weighted by molar-refractivity contribution is 5.00. The number of hydrogen-bond acceptors (Lipinski definition) is 2. The van der Waals surface area contributed by atoms with E-state index in [1.54, 1.807) is 0 Å². The van der Waals surface area contributed by atoms with Crippen molar-refractivity contribution in [1.82, 2.24) is 9.80 Å². The van der Waals surface area contributed by atoms with E-state index in [0.29, 0.717) is 5.41 Å². The van der Waals surface area contributed by atoms with Crippen molar-refractivity contribution in [2.45, 2.75) is 79.3 Å². The van der Waals surface area contributed by atoms with Gasteiger partial charge in [-0.3, -0.25) is 0 Å². The van der Waals surface area contributed by atoms with Crippen LogP contribution in [0, 0.1) is 10.8 Å². The minimum atomic E-state index is 0.574. The highest BCUT2D eigenvalue weighted by Crippen LogP contribution is 2.52. The van der Waals surface area contributed by atoms with Crippen LogP contribution in [-0.4, -0.2) is 48.1 Å². The summed E-state index contributed by atoms with van der Waals surface area (Å²) in [7, 11) is 0. The Labute approximate surface area is 126 Å². The van der Waals surface area contributed by atoms with Crippen LogP contribution in [0.1, 0.15) is 67.2 Å². The van der Waals surface area contributed by atoms with Gasteiger partial charge in [-0.25, -0.2) is 0 Å². The molecule has 0 aromatic rings. The summed E-state index contributed by atoms with van der Waals surface area (Å²) in [6, 6.07) is 1.52. The summed E-state index contributed by atoms with van der Waals surface area (Å²) in [5.41, 5.74) is 1.40. The van der Waals surface area contributed by atoms with Gasteiger partial charge >= 0.3 is 0 Å². The SMILES string of the molecule is CC(C)N1CCC(C)(C)C1.CC(C)N1CCC2(CC2)C1. The second-order valence-corrected chi connectivity index (χ2v) is 8.79. The normalized spacial score (nSPS) is 28.2. The first-order chi connectivity index (χ1) is 9.23. The predicted molar refractivity (Wildman–Crippen MR) is 88.1 cm³/mol. The van der Waals surface area contributed by atoms with Crippen LogP contribution >= 0.6 is 0 Å². The molecule has 0 atom stereocenters. The number of hydrogen-bond donors (Lipinski definition) is 0. The zero-order valence-corrected chi connectivity index (χ0v) is 14.7. The maximum Gasteiger partial charge on any atom is 0.00412 e. The molecule has 1 saturated carbocycles. The third kappa shape index (κ3) is 4.21. The summed E-state index contributed by atoms with van der Waals surface area (Å²) < 4.78 is 0. The van der Waals surface area contributed by atoms with Gasteiger partial charge in [0.15, 0.2) is 0 Å². The van der Waals surface area contributed by atoms with E-state index in [2.05, 4.69) is 51.3 Å².